The molecular weight excluding hydrogens is 334 g/mol. The molecule has 1 aliphatic heterocycles. The Balaban J connectivity index is 1.54. The van der Waals surface area contributed by atoms with Crippen molar-refractivity contribution < 1.29 is 9.59 Å². The van der Waals surface area contributed by atoms with Gasteiger partial charge in [-0.3, -0.25) is 9.59 Å². The highest BCUT2D eigenvalue weighted by Crippen LogP contribution is 2.21. The Morgan fingerprint density at radius 2 is 1.92 bits per heavy atom. The number of anilines is 2. The van der Waals surface area contributed by atoms with E-state index in [9.17, 15) is 9.59 Å². The van der Waals surface area contributed by atoms with E-state index in [0.717, 1.165) is 44.0 Å². The largest absolute Gasteiger partial charge is 0.368 e. The molecule has 0 saturated carbocycles. The minimum absolute atomic E-state index is 0.0342. The van der Waals surface area contributed by atoms with Crippen LogP contribution in [0.2, 0.25) is 0 Å². The average Bonchev–Trinajstić information content (AvgIpc) is 3.14. The molecule has 1 fully saturated rings. The number of hydrogen-bond acceptors (Lipinski definition) is 4. The molecule has 0 atom stereocenters. The van der Waals surface area contributed by atoms with E-state index in [-0.39, 0.29) is 11.8 Å². The van der Waals surface area contributed by atoms with Gasteiger partial charge in [0, 0.05) is 55.8 Å². The van der Waals surface area contributed by atoms with E-state index in [0.29, 0.717) is 6.42 Å². The summed E-state index contributed by atoms with van der Waals surface area (Å²) in [4.78, 5) is 28.9. The topological polar surface area (TPSA) is 52.7 Å². The molecule has 2 aromatic rings. The predicted molar refractivity (Wildman–Crippen MR) is 102 cm³/mol. The van der Waals surface area contributed by atoms with Crippen molar-refractivity contribution in [3.63, 3.8) is 0 Å². The molecule has 2 heterocycles. The smallest absolute Gasteiger partial charge is 0.224 e. The highest BCUT2D eigenvalue weighted by atomic mass is 32.1. The summed E-state index contributed by atoms with van der Waals surface area (Å²) < 4.78 is 0. The molecule has 1 aliphatic rings. The van der Waals surface area contributed by atoms with Gasteiger partial charge < -0.3 is 15.1 Å². The molecule has 2 amide bonds. The van der Waals surface area contributed by atoms with Crippen molar-refractivity contribution in [1.82, 2.24) is 4.90 Å². The average molecular weight is 357 g/mol. The van der Waals surface area contributed by atoms with E-state index in [1.165, 1.54) is 4.88 Å². The molecule has 1 N–H and O–H groups in total. The first kappa shape index (κ1) is 17.5. The van der Waals surface area contributed by atoms with Gasteiger partial charge in [-0.2, -0.15) is 0 Å². The van der Waals surface area contributed by atoms with Gasteiger partial charge in [-0.1, -0.05) is 12.1 Å². The Kier molecular flexibility index (Phi) is 5.71. The van der Waals surface area contributed by atoms with Gasteiger partial charge in [0.1, 0.15) is 0 Å². The van der Waals surface area contributed by atoms with Gasteiger partial charge >= 0.3 is 0 Å². The lowest BCUT2D eigenvalue weighted by Crippen LogP contribution is -2.48. The monoisotopic (exact) mass is 357 g/mol. The number of nitrogens with one attached hydrogen (secondary N) is 1. The number of piperazine rings is 1. The molecule has 0 unspecified atom stereocenters. The molecule has 6 heteroatoms. The fourth-order valence-electron chi connectivity index (χ4n) is 2.97. The molecule has 0 spiro atoms. The van der Waals surface area contributed by atoms with Crippen LogP contribution in [0.1, 0.15) is 18.2 Å². The molecule has 0 aliphatic carbocycles. The standard InChI is InChI=1S/C19H23N3O2S/c1-15(23)21-9-11-22(12-10-21)17-5-2-4-16(14-17)20-19(24)8-7-18-6-3-13-25-18/h2-6,13-14H,7-12H2,1H3,(H,20,24). The SMILES string of the molecule is CC(=O)N1CCN(c2cccc(NC(=O)CCc3cccs3)c2)CC1. The first-order valence-electron chi connectivity index (χ1n) is 8.54. The zero-order valence-corrected chi connectivity index (χ0v) is 15.2. The number of amides is 2. The highest BCUT2D eigenvalue weighted by molar-refractivity contribution is 7.09. The number of carbonyl (C=O) groups excluding carboxylic acids is 2. The summed E-state index contributed by atoms with van der Waals surface area (Å²) in [5.41, 5.74) is 1.90. The van der Waals surface area contributed by atoms with Gasteiger partial charge in [0.15, 0.2) is 0 Å². The van der Waals surface area contributed by atoms with Crippen molar-refractivity contribution in [2.75, 3.05) is 36.4 Å². The molecule has 132 valence electrons. The molecule has 5 nitrogen and oxygen atoms in total. The van der Waals surface area contributed by atoms with E-state index in [1.807, 2.05) is 40.6 Å². The second-order valence-corrected chi connectivity index (χ2v) is 7.20. The molecule has 1 aromatic heterocycles. The van der Waals surface area contributed by atoms with Crippen LogP contribution in [0.15, 0.2) is 41.8 Å². The summed E-state index contributed by atoms with van der Waals surface area (Å²) in [7, 11) is 0. The van der Waals surface area contributed by atoms with Crippen LogP contribution >= 0.6 is 11.3 Å². The fraction of sp³-hybridized carbons (Fsp3) is 0.368. The van der Waals surface area contributed by atoms with E-state index in [2.05, 4.69) is 16.3 Å². The molecular formula is C19H23N3O2S. The fourth-order valence-corrected chi connectivity index (χ4v) is 3.68. The van der Waals surface area contributed by atoms with Crippen molar-refractivity contribution >= 4 is 34.5 Å². The molecule has 0 bridgehead atoms. The number of thiophene rings is 1. The Hall–Kier alpha value is -2.34. The van der Waals surface area contributed by atoms with Gasteiger partial charge in [0.05, 0.1) is 0 Å². The first-order valence-corrected chi connectivity index (χ1v) is 9.42. The highest BCUT2D eigenvalue weighted by Gasteiger charge is 2.19. The van der Waals surface area contributed by atoms with Crippen LogP contribution in [0.5, 0.6) is 0 Å². The molecule has 25 heavy (non-hydrogen) atoms. The van der Waals surface area contributed by atoms with Crippen LogP contribution in [0.4, 0.5) is 11.4 Å². The second-order valence-electron chi connectivity index (χ2n) is 6.17. The van der Waals surface area contributed by atoms with Gasteiger partial charge in [0.25, 0.3) is 0 Å². The Bertz CT molecular complexity index is 722. The zero-order chi connectivity index (χ0) is 17.6. The third-order valence-electron chi connectivity index (χ3n) is 4.40. The second kappa shape index (κ2) is 8.16. The quantitative estimate of drug-likeness (QED) is 0.895. The van der Waals surface area contributed by atoms with E-state index >= 15 is 0 Å². The third-order valence-corrected chi connectivity index (χ3v) is 5.33. The number of rotatable bonds is 5. The number of nitrogens with zero attached hydrogens (tertiary/aromatic N) is 2. The zero-order valence-electron chi connectivity index (χ0n) is 14.4. The lowest BCUT2D eigenvalue weighted by Gasteiger charge is -2.35. The van der Waals surface area contributed by atoms with Crippen molar-refractivity contribution in [1.29, 1.82) is 0 Å². The summed E-state index contributed by atoms with van der Waals surface area (Å²) in [6.45, 7) is 4.73. The van der Waals surface area contributed by atoms with Crippen molar-refractivity contribution in [3.05, 3.63) is 46.7 Å². The third kappa shape index (κ3) is 4.82. The van der Waals surface area contributed by atoms with E-state index in [4.69, 9.17) is 0 Å². The van der Waals surface area contributed by atoms with Crippen LogP contribution in [-0.2, 0) is 16.0 Å². The Morgan fingerprint density at radius 1 is 1.12 bits per heavy atom. The van der Waals surface area contributed by atoms with Crippen LogP contribution in [0.25, 0.3) is 0 Å². The summed E-state index contributed by atoms with van der Waals surface area (Å²) >= 11 is 1.68. The van der Waals surface area contributed by atoms with Crippen molar-refractivity contribution in [2.24, 2.45) is 0 Å². The van der Waals surface area contributed by atoms with E-state index < -0.39 is 0 Å². The van der Waals surface area contributed by atoms with Crippen LogP contribution in [-0.4, -0.2) is 42.9 Å². The summed E-state index contributed by atoms with van der Waals surface area (Å²) in [6, 6.07) is 12.0. The molecule has 0 radical (unpaired) electrons. The number of hydrogen-bond donors (Lipinski definition) is 1. The normalized spacial score (nSPS) is 14.4. The Labute approximate surface area is 152 Å². The number of aryl methyl sites for hydroxylation is 1. The molecule has 3 rings (SSSR count). The van der Waals surface area contributed by atoms with Crippen molar-refractivity contribution in [2.45, 2.75) is 19.8 Å². The first-order chi connectivity index (χ1) is 12.1. The van der Waals surface area contributed by atoms with Crippen LogP contribution in [0.3, 0.4) is 0 Å². The minimum Gasteiger partial charge on any atom is -0.368 e. The van der Waals surface area contributed by atoms with Crippen molar-refractivity contribution in [3.8, 4) is 0 Å². The van der Waals surface area contributed by atoms with Crippen LogP contribution < -0.4 is 10.2 Å². The van der Waals surface area contributed by atoms with Gasteiger partial charge in [0.2, 0.25) is 11.8 Å². The van der Waals surface area contributed by atoms with Gasteiger partial charge in [-0.25, -0.2) is 0 Å². The molecule has 1 saturated heterocycles. The number of benzene rings is 1. The maximum atomic E-state index is 12.1. The number of carbonyl (C=O) groups is 2. The minimum atomic E-state index is 0.0342. The summed E-state index contributed by atoms with van der Waals surface area (Å²) in [5.74, 6) is 0.165. The van der Waals surface area contributed by atoms with Gasteiger partial charge in [-0.15, -0.1) is 11.3 Å². The lowest BCUT2D eigenvalue weighted by atomic mass is 10.2. The van der Waals surface area contributed by atoms with E-state index in [1.54, 1.807) is 18.3 Å². The Morgan fingerprint density at radius 3 is 2.60 bits per heavy atom. The maximum absolute atomic E-state index is 12.1. The lowest BCUT2D eigenvalue weighted by molar-refractivity contribution is -0.129. The maximum Gasteiger partial charge on any atom is 0.224 e. The summed E-state index contributed by atoms with van der Waals surface area (Å²) in [5, 5.41) is 5.02. The van der Waals surface area contributed by atoms with Crippen LogP contribution in [0, 0.1) is 0 Å². The predicted octanol–water partition coefficient (Wildman–Crippen LogP) is 2.99. The summed E-state index contributed by atoms with van der Waals surface area (Å²) in [6.07, 6.45) is 1.26. The molecule has 1 aromatic carbocycles. The van der Waals surface area contributed by atoms with Gasteiger partial charge in [-0.05, 0) is 36.1 Å².